The Bertz CT molecular complexity index is 105. The number of hydrogen-bond acceptors (Lipinski definition) is 2. The summed E-state index contributed by atoms with van der Waals surface area (Å²) in [4.78, 5) is 10.8. The molecule has 0 saturated carbocycles. The molecule has 0 aliphatic rings. The number of nitrogens with two attached hydrogens (primary N) is 1. The first-order valence-electron chi connectivity index (χ1n) is 4.05. The van der Waals surface area contributed by atoms with Crippen molar-refractivity contribution >= 4 is 5.91 Å². The first-order chi connectivity index (χ1) is 4.98. The van der Waals surface area contributed by atoms with Crippen molar-refractivity contribution in [2.75, 3.05) is 6.54 Å². The number of nitrogens with one attached hydrogen (secondary N) is 1. The van der Waals surface area contributed by atoms with Gasteiger partial charge < -0.3 is 11.1 Å². The number of hydrogen-bond donors (Lipinski definition) is 2. The molecule has 0 spiro atoms. The van der Waals surface area contributed by atoms with E-state index in [1.54, 1.807) is 13.8 Å². The molecule has 1 amide bonds. The van der Waals surface area contributed by atoms with E-state index in [9.17, 15) is 4.79 Å². The molecule has 68 valence electrons. The van der Waals surface area contributed by atoms with Crippen molar-refractivity contribution in [3.8, 4) is 0 Å². The molecule has 0 heterocycles. The average molecular weight is 160 g/mol. The van der Waals surface area contributed by atoms with Crippen LogP contribution >= 0.6 is 0 Å². The molecule has 3 heteroatoms. The summed E-state index contributed by atoms with van der Waals surface area (Å²) >= 11 is 0. The Morgan fingerprint density at radius 1 is 1.45 bits per heavy atom. The lowest BCUT2D eigenvalue weighted by Gasteiger charge is -2.16. The van der Waals surface area contributed by atoms with Crippen molar-refractivity contribution in [2.24, 2.45) is 5.73 Å². The van der Waals surface area contributed by atoms with E-state index in [0.717, 1.165) is 0 Å². The van der Waals surface area contributed by atoms with Crippen LogP contribution in [0.5, 0.6) is 0 Å². The molecule has 0 radical (unpaired) electrons. The molecule has 0 atom stereocenters. The molecule has 0 aliphatic carbocycles. The van der Waals surface area contributed by atoms with Crippen LogP contribution in [0.4, 0.5) is 0 Å². The third-order valence-electron chi connectivity index (χ3n) is 0.923. The zero-order valence-corrected chi connectivity index (χ0v) is 8.19. The standard InChI is InChI=1S/C6H14N2O.C2H6/c1-4-8-5(9)6(2,3)7;1-2/h4,7H2,1-3H3,(H,8,9);1-2H3. The molecule has 0 fully saturated rings. The summed E-state index contributed by atoms with van der Waals surface area (Å²) in [5, 5.41) is 2.62. The molecule has 0 bridgehead atoms. The third-order valence-corrected chi connectivity index (χ3v) is 0.923. The van der Waals surface area contributed by atoms with Crippen molar-refractivity contribution in [1.29, 1.82) is 0 Å². The first kappa shape index (κ1) is 13.1. The van der Waals surface area contributed by atoms with Crippen molar-refractivity contribution < 1.29 is 4.79 Å². The number of carbonyl (C=O) groups excluding carboxylic acids is 1. The molecule has 3 nitrogen and oxygen atoms in total. The lowest BCUT2D eigenvalue weighted by atomic mass is 10.1. The van der Waals surface area contributed by atoms with Gasteiger partial charge in [0.25, 0.3) is 0 Å². The van der Waals surface area contributed by atoms with Gasteiger partial charge in [0, 0.05) is 6.54 Å². The Kier molecular flexibility index (Phi) is 7.31. The molecule has 0 aliphatic heterocycles. The van der Waals surface area contributed by atoms with Gasteiger partial charge in [-0.2, -0.15) is 0 Å². The summed E-state index contributed by atoms with van der Waals surface area (Å²) < 4.78 is 0. The smallest absolute Gasteiger partial charge is 0.239 e. The van der Waals surface area contributed by atoms with Gasteiger partial charge in [0.1, 0.15) is 0 Å². The minimum absolute atomic E-state index is 0.106. The van der Waals surface area contributed by atoms with Crippen LogP contribution in [0.3, 0.4) is 0 Å². The summed E-state index contributed by atoms with van der Waals surface area (Å²) in [5.41, 5.74) is 4.71. The van der Waals surface area contributed by atoms with Gasteiger partial charge in [-0.05, 0) is 20.8 Å². The zero-order chi connectivity index (χ0) is 9.49. The van der Waals surface area contributed by atoms with Crippen LogP contribution in [0.15, 0.2) is 0 Å². The Balaban J connectivity index is 0. The highest BCUT2D eigenvalue weighted by Gasteiger charge is 2.19. The number of carbonyl (C=O) groups is 1. The topological polar surface area (TPSA) is 55.1 Å². The van der Waals surface area contributed by atoms with Crippen molar-refractivity contribution in [3.05, 3.63) is 0 Å². The predicted molar refractivity (Wildman–Crippen MR) is 48.3 cm³/mol. The van der Waals surface area contributed by atoms with Gasteiger partial charge in [-0.3, -0.25) is 4.79 Å². The van der Waals surface area contributed by atoms with E-state index in [4.69, 9.17) is 5.73 Å². The van der Waals surface area contributed by atoms with Gasteiger partial charge in [-0.1, -0.05) is 13.8 Å². The average Bonchev–Trinajstić information content (AvgIpc) is 1.91. The second-order valence-electron chi connectivity index (χ2n) is 2.58. The highest BCUT2D eigenvalue weighted by atomic mass is 16.2. The minimum Gasteiger partial charge on any atom is -0.355 e. The molecule has 3 N–H and O–H groups in total. The Morgan fingerprint density at radius 2 is 1.82 bits per heavy atom. The van der Waals surface area contributed by atoms with Gasteiger partial charge in [0.2, 0.25) is 5.91 Å². The van der Waals surface area contributed by atoms with Gasteiger partial charge in [0.15, 0.2) is 0 Å². The Hall–Kier alpha value is -0.570. The van der Waals surface area contributed by atoms with E-state index >= 15 is 0 Å². The molecule has 0 unspecified atom stereocenters. The maximum atomic E-state index is 10.8. The molecular weight excluding hydrogens is 140 g/mol. The lowest BCUT2D eigenvalue weighted by Crippen LogP contribution is -2.48. The van der Waals surface area contributed by atoms with Gasteiger partial charge >= 0.3 is 0 Å². The van der Waals surface area contributed by atoms with Crippen LogP contribution in [0, 0.1) is 0 Å². The molecule has 11 heavy (non-hydrogen) atoms. The zero-order valence-electron chi connectivity index (χ0n) is 8.19. The fraction of sp³-hybridized carbons (Fsp3) is 0.875. The van der Waals surface area contributed by atoms with E-state index in [0.29, 0.717) is 6.54 Å². The van der Waals surface area contributed by atoms with E-state index in [1.807, 2.05) is 20.8 Å². The third kappa shape index (κ3) is 7.33. The van der Waals surface area contributed by atoms with Crippen LogP contribution in [0.25, 0.3) is 0 Å². The SMILES string of the molecule is CC.CCNC(=O)C(C)(C)N. The Labute approximate surface area is 69.4 Å². The molecule has 0 aromatic rings. The maximum Gasteiger partial charge on any atom is 0.239 e. The van der Waals surface area contributed by atoms with Crippen molar-refractivity contribution in [2.45, 2.75) is 40.2 Å². The highest BCUT2D eigenvalue weighted by Crippen LogP contribution is 1.94. The molecule has 0 aromatic carbocycles. The van der Waals surface area contributed by atoms with E-state index in [-0.39, 0.29) is 5.91 Å². The largest absolute Gasteiger partial charge is 0.355 e. The first-order valence-corrected chi connectivity index (χ1v) is 4.05. The van der Waals surface area contributed by atoms with Crippen LogP contribution in [-0.2, 0) is 4.79 Å². The summed E-state index contributed by atoms with van der Waals surface area (Å²) in [7, 11) is 0. The summed E-state index contributed by atoms with van der Waals surface area (Å²) in [6.45, 7) is 9.86. The second kappa shape index (κ2) is 6.16. The summed E-state index contributed by atoms with van der Waals surface area (Å²) in [5.74, 6) is -0.106. The van der Waals surface area contributed by atoms with Crippen LogP contribution in [0.2, 0.25) is 0 Å². The van der Waals surface area contributed by atoms with Crippen LogP contribution in [0.1, 0.15) is 34.6 Å². The number of likely N-dealkylation sites (N-methyl/N-ethyl adjacent to an activating group) is 1. The summed E-state index contributed by atoms with van der Waals surface area (Å²) in [6, 6.07) is 0. The molecule has 0 aromatic heterocycles. The van der Waals surface area contributed by atoms with Crippen LogP contribution in [-0.4, -0.2) is 18.0 Å². The number of amides is 1. The quantitative estimate of drug-likeness (QED) is 0.630. The molecular formula is C8H20N2O. The van der Waals surface area contributed by atoms with Gasteiger partial charge in [-0.25, -0.2) is 0 Å². The van der Waals surface area contributed by atoms with Crippen LogP contribution < -0.4 is 11.1 Å². The van der Waals surface area contributed by atoms with E-state index in [2.05, 4.69) is 5.32 Å². The second-order valence-corrected chi connectivity index (χ2v) is 2.58. The monoisotopic (exact) mass is 160 g/mol. The minimum atomic E-state index is -0.740. The fourth-order valence-electron chi connectivity index (χ4n) is 0.388. The lowest BCUT2D eigenvalue weighted by molar-refractivity contribution is -0.125. The fourth-order valence-corrected chi connectivity index (χ4v) is 0.388. The van der Waals surface area contributed by atoms with Crippen molar-refractivity contribution in [1.82, 2.24) is 5.32 Å². The van der Waals surface area contributed by atoms with Gasteiger partial charge in [0.05, 0.1) is 5.54 Å². The van der Waals surface area contributed by atoms with E-state index < -0.39 is 5.54 Å². The summed E-state index contributed by atoms with van der Waals surface area (Å²) in [6.07, 6.45) is 0. The highest BCUT2D eigenvalue weighted by molar-refractivity contribution is 5.84. The van der Waals surface area contributed by atoms with Crippen molar-refractivity contribution in [3.63, 3.8) is 0 Å². The number of rotatable bonds is 2. The molecule has 0 rings (SSSR count). The van der Waals surface area contributed by atoms with Gasteiger partial charge in [-0.15, -0.1) is 0 Å². The maximum absolute atomic E-state index is 10.8. The normalized spacial score (nSPS) is 9.64. The molecule has 0 saturated heterocycles. The Morgan fingerprint density at radius 3 is 1.91 bits per heavy atom. The van der Waals surface area contributed by atoms with E-state index in [1.165, 1.54) is 0 Å². The predicted octanol–water partition coefficient (Wildman–Crippen LogP) is 0.886.